The van der Waals surface area contributed by atoms with Crippen molar-refractivity contribution in [1.29, 1.82) is 0 Å². The van der Waals surface area contributed by atoms with Gasteiger partial charge in [-0.05, 0) is 30.5 Å². The summed E-state index contributed by atoms with van der Waals surface area (Å²) in [5, 5.41) is 9.41. The predicted molar refractivity (Wildman–Crippen MR) is 84.4 cm³/mol. The smallest absolute Gasteiger partial charge is 0.313 e. The van der Waals surface area contributed by atoms with Gasteiger partial charge in [0.2, 0.25) is 5.91 Å². The summed E-state index contributed by atoms with van der Waals surface area (Å²) in [7, 11) is 2.84. The van der Waals surface area contributed by atoms with Crippen molar-refractivity contribution in [3.05, 3.63) is 29.6 Å². The first-order valence-electron chi connectivity index (χ1n) is 7.74. The van der Waals surface area contributed by atoms with Crippen molar-refractivity contribution in [2.24, 2.45) is 5.41 Å². The van der Waals surface area contributed by atoms with Gasteiger partial charge in [-0.3, -0.25) is 9.59 Å². The molecule has 0 saturated carbocycles. The van der Waals surface area contributed by atoms with E-state index in [1.165, 1.54) is 26.4 Å². The van der Waals surface area contributed by atoms with Gasteiger partial charge in [-0.25, -0.2) is 4.39 Å². The summed E-state index contributed by atoms with van der Waals surface area (Å²) in [6.07, 6.45) is 0.966. The molecule has 6 nitrogen and oxygen atoms in total. The summed E-state index contributed by atoms with van der Waals surface area (Å²) < 4.78 is 23.5. The molecule has 1 fully saturated rings. The molecule has 1 unspecified atom stereocenters. The Hall–Kier alpha value is -2.15. The molecular formula is C17H22FNO5. The summed E-state index contributed by atoms with van der Waals surface area (Å²) in [5.74, 6) is -1.38. The molecule has 0 aliphatic carbocycles. The molecule has 1 N–H and O–H groups in total. The molecule has 2 rings (SSSR count). The lowest BCUT2D eigenvalue weighted by atomic mass is 9.88. The summed E-state index contributed by atoms with van der Waals surface area (Å²) in [6.45, 7) is 0.618. The van der Waals surface area contributed by atoms with Crippen molar-refractivity contribution >= 4 is 11.9 Å². The Labute approximate surface area is 140 Å². The van der Waals surface area contributed by atoms with Crippen LogP contribution in [-0.2, 0) is 20.7 Å². The zero-order chi connectivity index (χ0) is 17.7. The normalized spacial score (nSPS) is 20.2. The van der Waals surface area contributed by atoms with E-state index in [4.69, 9.17) is 9.47 Å². The van der Waals surface area contributed by atoms with Gasteiger partial charge in [-0.15, -0.1) is 0 Å². The van der Waals surface area contributed by atoms with Crippen LogP contribution in [0.3, 0.4) is 0 Å². The topological polar surface area (TPSA) is 76.1 Å². The average molecular weight is 339 g/mol. The number of ether oxygens (including phenoxy) is 2. The lowest BCUT2D eigenvalue weighted by molar-refractivity contribution is -0.151. The van der Waals surface area contributed by atoms with Crippen LogP contribution in [0.15, 0.2) is 18.2 Å². The van der Waals surface area contributed by atoms with Gasteiger partial charge in [0.15, 0.2) is 11.6 Å². The van der Waals surface area contributed by atoms with E-state index >= 15 is 0 Å². The Morgan fingerprint density at radius 3 is 2.71 bits per heavy atom. The second-order valence-corrected chi connectivity index (χ2v) is 6.05. The Kier molecular flexibility index (Phi) is 5.77. The number of nitrogens with zero attached hydrogens (tertiary/aromatic N) is 1. The highest BCUT2D eigenvalue weighted by Crippen LogP contribution is 2.31. The third-order valence-electron chi connectivity index (χ3n) is 4.42. The van der Waals surface area contributed by atoms with Gasteiger partial charge in [-0.2, -0.15) is 0 Å². The number of amides is 1. The van der Waals surface area contributed by atoms with E-state index in [1.54, 1.807) is 11.0 Å². The van der Waals surface area contributed by atoms with Crippen LogP contribution in [0.5, 0.6) is 5.75 Å². The third-order valence-corrected chi connectivity index (χ3v) is 4.42. The molecule has 1 aliphatic rings. The van der Waals surface area contributed by atoms with Crippen molar-refractivity contribution in [3.8, 4) is 5.75 Å². The number of hydrogen-bond donors (Lipinski definition) is 1. The number of halogens is 1. The number of aliphatic carboxylic acids is 1. The number of methoxy groups -OCH3 is 2. The largest absolute Gasteiger partial charge is 0.494 e. The lowest BCUT2D eigenvalue weighted by Crippen LogP contribution is -2.40. The molecule has 1 aliphatic heterocycles. The Bertz CT molecular complexity index is 621. The van der Waals surface area contributed by atoms with Crippen molar-refractivity contribution in [3.63, 3.8) is 0 Å². The van der Waals surface area contributed by atoms with Crippen molar-refractivity contribution < 1.29 is 28.6 Å². The molecule has 1 heterocycles. The zero-order valence-electron chi connectivity index (χ0n) is 13.9. The van der Waals surface area contributed by atoms with Gasteiger partial charge < -0.3 is 19.5 Å². The second kappa shape index (κ2) is 7.61. The first-order chi connectivity index (χ1) is 11.4. The highest BCUT2D eigenvalue weighted by Gasteiger charge is 2.46. The summed E-state index contributed by atoms with van der Waals surface area (Å²) >= 11 is 0. The number of carbonyl (C=O) groups excluding carboxylic acids is 1. The number of rotatable bonds is 7. The molecule has 1 amide bonds. The highest BCUT2D eigenvalue weighted by molar-refractivity contribution is 5.81. The molecule has 0 aromatic heterocycles. The van der Waals surface area contributed by atoms with E-state index in [1.807, 2.05) is 0 Å². The van der Waals surface area contributed by atoms with Crippen LogP contribution in [0.2, 0.25) is 0 Å². The van der Waals surface area contributed by atoms with Crippen LogP contribution < -0.4 is 4.74 Å². The van der Waals surface area contributed by atoms with E-state index in [0.29, 0.717) is 24.9 Å². The van der Waals surface area contributed by atoms with Crippen molar-refractivity contribution in [1.82, 2.24) is 4.90 Å². The molecule has 1 aromatic carbocycles. The van der Waals surface area contributed by atoms with Gasteiger partial charge in [-0.1, -0.05) is 6.07 Å². The molecular weight excluding hydrogens is 317 g/mol. The minimum absolute atomic E-state index is 0.0792. The first-order valence-corrected chi connectivity index (χ1v) is 7.74. The maximum Gasteiger partial charge on any atom is 0.313 e. The van der Waals surface area contributed by atoms with E-state index in [0.717, 1.165) is 0 Å². The van der Waals surface area contributed by atoms with Crippen LogP contribution in [0, 0.1) is 11.2 Å². The number of aryl methyl sites for hydroxylation is 1. The van der Waals surface area contributed by atoms with Crippen molar-refractivity contribution in [2.75, 3.05) is 33.9 Å². The fraction of sp³-hybridized carbons (Fsp3) is 0.529. The number of carboxylic acid groups (broad SMARTS) is 1. The number of likely N-dealkylation sites (tertiary alicyclic amines) is 1. The predicted octanol–water partition coefficient (Wildman–Crippen LogP) is 1.72. The standard InChI is InChI=1S/C17H22FNO5/c1-23-11-17(16(21)22)7-8-19(10-17)15(20)6-4-12-3-5-14(24-2)13(18)9-12/h3,5,9H,4,6-8,10-11H2,1-2H3,(H,21,22). The van der Waals surface area contributed by atoms with E-state index in [9.17, 15) is 19.1 Å². The molecule has 7 heteroatoms. The molecule has 0 bridgehead atoms. The van der Waals surface area contributed by atoms with E-state index in [-0.39, 0.29) is 31.2 Å². The lowest BCUT2D eigenvalue weighted by Gasteiger charge is -2.23. The SMILES string of the molecule is COCC1(C(=O)O)CCN(C(=O)CCc2ccc(OC)c(F)c2)C1. The number of carboxylic acids is 1. The van der Waals surface area contributed by atoms with Gasteiger partial charge in [0, 0.05) is 26.6 Å². The van der Waals surface area contributed by atoms with Gasteiger partial charge in [0.25, 0.3) is 0 Å². The fourth-order valence-corrected chi connectivity index (χ4v) is 2.99. The van der Waals surface area contributed by atoms with Crippen molar-refractivity contribution in [2.45, 2.75) is 19.3 Å². The summed E-state index contributed by atoms with van der Waals surface area (Å²) in [5.41, 5.74) is -0.335. The first kappa shape index (κ1) is 18.2. The second-order valence-electron chi connectivity index (χ2n) is 6.05. The quantitative estimate of drug-likeness (QED) is 0.818. The van der Waals surface area contributed by atoms with Crippen LogP contribution in [0.4, 0.5) is 4.39 Å². The minimum Gasteiger partial charge on any atom is -0.494 e. The molecule has 1 atom stereocenters. The van der Waals surface area contributed by atoms with Crippen LogP contribution in [0.25, 0.3) is 0 Å². The van der Waals surface area contributed by atoms with Gasteiger partial charge in [0.1, 0.15) is 5.41 Å². The molecule has 0 spiro atoms. The van der Waals surface area contributed by atoms with Crippen LogP contribution in [0.1, 0.15) is 18.4 Å². The minimum atomic E-state index is -1.03. The summed E-state index contributed by atoms with van der Waals surface area (Å²) in [6, 6.07) is 4.59. The molecule has 24 heavy (non-hydrogen) atoms. The average Bonchev–Trinajstić information content (AvgIpc) is 2.99. The maximum atomic E-state index is 13.7. The summed E-state index contributed by atoms with van der Waals surface area (Å²) in [4.78, 5) is 25.4. The molecule has 1 saturated heterocycles. The Morgan fingerprint density at radius 2 is 2.12 bits per heavy atom. The van der Waals surface area contributed by atoms with Gasteiger partial charge >= 0.3 is 5.97 Å². The fourth-order valence-electron chi connectivity index (χ4n) is 2.99. The third kappa shape index (κ3) is 3.84. The zero-order valence-corrected chi connectivity index (χ0v) is 13.9. The Balaban J connectivity index is 1.94. The maximum absolute atomic E-state index is 13.7. The molecule has 1 aromatic rings. The Morgan fingerprint density at radius 1 is 1.38 bits per heavy atom. The molecule has 132 valence electrons. The number of hydrogen-bond acceptors (Lipinski definition) is 4. The van der Waals surface area contributed by atoms with E-state index in [2.05, 4.69) is 0 Å². The van der Waals surface area contributed by atoms with Crippen LogP contribution >= 0.6 is 0 Å². The van der Waals surface area contributed by atoms with Gasteiger partial charge in [0.05, 0.1) is 13.7 Å². The van der Waals surface area contributed by atoms with Crippen LogP contribution in [-0.4, -0.2) is 55.8 Å². The monoisotopic (exact) mass is 339 g/mol. The number of carbonyl (C=O) groups is 2. The molecule has 0 radical (unpaired) electrons. The van der Waals surface area contributed by atoms with E-state index < -0.39 is 17.2 Å². The highest BCUT2D eigenvalue weighted by atomic mass is 19.1. The number of benzene rings is 1.